The minimum atomic E-state index is -0.291. The summed E-state index contributed by atoms with van der Waals surface area (Å²) < 4.78 is 5.68. The Labute approximate surface area is 165 Å². The number of nitrogens with one attached hydrogen (secondary N) is 1. The summed E-state index contributed by atoms with van der Waals surface area (Å²) in [5, 5.41) is 12.7. The Kier molecular flexibility index (Phi) is 6.19. The first-order valence-electron chi connectivity index (χ1n) is 9.50. The first-order chi connectivity index (χ1) is 13.4. The van der Waals surface area contributed by atoms with E-state index in [4.69, 9.17) is 4.74 Å². The summed E-state index contributed by atoms with van der Waals surface area (Å²) in [7, 11) is 0. The van der Waals surface area contributed by atoms with Crippen molar-refractivity contribution in [2.75, 3.05) is 19.7 Å². The molecule has 0 aliphatic carbocycles. The van der Waals surface area contributed by atoms with Crippen molar-refractivity contribution in [3.05, 3.63) is 59.2 Å². The number of amides is 2. The molecule has 0 bridgehead atoms. The number of phenolic OH excluding ortho intramolecular Hbond substituents is 1. The van der Waals surface area contributed by atoms with Crippen LogP contribution in [0.5, 0.6) is 11.5 Å². The predicted molar refractivity (Wildman–Crippen MR) is 107 cm³/mol. The lowest BCUT2D eigenvalue weighted by atomic mass is 10.0. The number of hydrogen-bond acceptors (Lipinski definition) is 4. The number of para-hydroxylation sites is 1. The normalized spacial score (nSPS) is 14.6. The van der Waals surface area contributed by atoms with E-state index >= 15 is 0 Å². The van der Waals surface area contributed by atoms with Crippen molar-refractivity contribution in [2.24, 2.45) is 0 Å². The van der Waals surface area contributed by atoms with E-state index in [0.29, 0.717) is 25.9 Å². The molecule has 1 saturated heterocycles. The number of piperidine rings is 1. The van der Waals surface area contributed by atoms with Gasteiger partial charge in [-0.2, -0.15) is 0 Å². The van der Waals surface area contributed by atoms with Gasteiger partial charge in [0.1, 0.15) is 11.5 Å². The van der Waals surface area contributed by atoms with E-state index in [2.05, 4.69) is 5.32 Å². The molecule has 2 aromatic rings. The lowest BCUT2D eigenvalue weighted by Crippen LogP contribution is -2.47. The maximum atomic E-state index is 12.4. The van der Waals surface area contributed by atoms with Gasteiger partial charge in [-0.25, -0.2) is 0 Å². The second-order valence-electron chi connectivity index (χ2n) is 7.20. The van der Waals surface area contributed by atoms with Gasteiger partial charge < -0.3 is 20.1 Å². The maximum Gasteiger partial charge on any atom is 0.260 e. The van der Waals surface area contributed by atoms with Crippen molar-refractivity contribution in [3.63, 3.8) is 0 Å². The number of rotatable bonds is 5. The molecule has 0 spiro atoms. The van der Waals surface area contributed by atoms with E-state index in [1.54, 1.807) is 23.1 Å². The summed E-state index contributed by atoms with van der Waals surface area (Å²) in [6.07, 6.45) is 1.35. The molecule has 28 heavy (non-hydrogen) atoms. The molecule has 2 N–H and O–H groups in total. The smallest absolute Gasteiger partial charge is 0.260 e. The zero-order valence-electron chi connectivity index (χ0n) is 16.3. The van der Waals surface area contributed by atoms with E-state index in [0.717, 1.165) is 16.9 Å². The van der Waals surface area contributed by atoms with Gasteiger partial charge in [0, 0.05) is 19.1 Å². The van der Waals surface area contributed by atoms with Crippen molar-refractivity contribution in [1.29, 1.82) is 0 Å². The number of phenols is 1. The molecule has 6 heteroatoms. The Hall–Kier alpha value is -3.02. The standard InChI is InChI=1S/C22H26N2O4/c1-15-7-8-20(16(2)13-15)28-14-21(26)24-11-9-17(10-12-24)23-22(27)18-5-3-4-6-19(18)25/h3-8,13,17,25H,9-12,14H2,1-2H3,(H,23,27). The van der Waals surface area contributed by atoms with Crippen LogP contribution in [0.2, 0.25) is 0 Å². The third-order valence-corrected chi connectivity index (χ3v) is 5.01. The first kappa shape index (κ1) is 19.7. The van der Waals surface area contributed by atoms with Gasteiger partial charge in [0.05, 0.1) is 5.56 Å². The zero-order valence-corrected chi connectivity index (χ0v) is 16.3. The van der Waals surface area contributed by atoms with E-state index in [1.165, 1.54) is 6.07 Å². The molecule has 0 radical (unpaired) electrons. The van der Waals surface area contributed by atoms with Crippen molar-refractivity contribution in [1.82, 2.24) is 10.2 Å². The van der Waals surface area contributed by atoms with Crippen molar-refractivity contribution in [3.8, 4) is 11.5 Å². The summed E-state index contributed by atoms with van der Waals surface area (Å²) in [5.74, 6) is 0.353. The SMILES string of the molecule is Cc1ccc(OCC(=O)N2CCC(NC(=O)c3ccccc3O)CC2)c(C)c1. The van der Waals surface area contributed by atoms with Gasteiger partial charge in [0.2, 0.25) is 0 Å². The molecule has 6 nitrogen and oxygen atoms in total. The van der Waals surface area contributed by atoms with Crippen LogP contribution >= 0.6 is 0 Å². The van der Waals surface area contributed by atoms with Crippen molar-refractivity contribution in [2.45, 2.75) is 32.7 Å². The lowest BCUT2D eigenvalue weighted by molar-refractivity contribution is -0.134. The third kappa shape index (κ3) is 4.82. The molecule has 0 atom stereocenters. The predicted octanol–water partition coefficient (Wildman–Crippen LogP) is 2.81. The number of aromatic hydroxyl groups is 1. The Morgan fingerprint density at radius 1 is 1.14 bits per heavy atom. The highest BCUT2D eigenvalue weighted by Crippen LogP contribution is 2.20. The number of aryl methyl sites for hydroxylation is 2. The van der Waals surface area contributed by atoms with E-state index < -0.39 is 0 Å². The monoisotopic (exact) mass is 382 g/mol. The highest BCUT2D eigenvalue weighted by Gasteiger charge is 2.25. The minimum absolute atomic E-state index is 0.0127. The molecule has 1 heterocycles. The van der Waals surface area contributed by atoms with Crippen LogP contribution in [0.1, 0.15) is 34.3 Å². The van der Waals surface area contributed by atoms with Crippen LogP contribution in [0.3, 0.4) is 0 Å². The summed E-state index contributed by atoms with van der Waals surface area (Å²) >= 11 is 0. The summed E-state index contributed by atoms with van der Waals surface area (Å²) in [6.45, 7) is 5.13. The molecule has 2 amide bonds. The number of hydrogen-bond donors (Lipinski definition) is 2. The molecule has 1 aliphatic heterocycles. The van der Waals surface area contributed by atoms with Gasteiger partial charge in [-0.15, -0.1) is 0 Å². The molecule has 148 valence electrons. The summed E-state index contributed by atoms with van der Waals surface area (Å²) in [4.78, 5) is 26.5. The van der Waals surface area contributed by atoms with Crippen molar-refractivity contribution < 1.29 is 19.4 Å². The fourth-order valence-corrected chi connectivity index (χ4v) is 3.39. The average Bonchev–Trinajstić information content (AvgIpc) is 2.68. The van der Waals surface area contributed by atoms with E-state index in [9.17, 15) is 14.7 Å². The highest BCUT2D eigenvalue weighted by atomic mass is 16.5. The lowest BCUT2D eigenvalue weighted by Gasteiger charge is -2.32. The number of benzene rings is 2. The first-order valence-corrected chi connectivity index (χ1v) is 9.50. The second-order valence-corrected chi connectivity index (χ2v) is 7.20. The van der Waals surface area contributed by atoms with Gasteiger partial charge >= 0.3 is 0 Å². The molecule has 1 fully saturated rings. The Bertz CT molecular complexity index is 857. The Balaban J connectivity index is 1.46. The molecule has 0 unspecified atom stereocenters. The van der Waals surface area contributed by atoms with Crippen LogP contribution in [-0.2, 0) is 4.79 Å². The molecule has 3 rings (SSSR count). The third-order valence-electron chi connectivity index (χ3n) is 5.01. The second kappa shape index (κ2) is 8.78. The van der Waals surface area contributed by atoms with Crippen LogP contribution < -0.4 is 10.1 Å². The molecular weight excluding hydrogens is 356 g/mol. The van der Waals surface area contributed by atoms with Crippen LogP contribution in [0.25, 0.3) is 0 Å². The van der Waals surface area contributed by atoms with E-state index in [-0.39, 0.29) is 35.8 Å². The number of carbonyl (C=O) groups excluding carboxylic acids is 2. The number of nitrogens with zero attached hydrogens (tertiary/aromatic N) is 1. The average molecular weight is 382 g/mol. The van der Waals surface area contributed by atoms with Gasteiger partial charge in [-0.05, 0) is 50.5 Å². The Morgan fingerprint density at radius 3 is 2.54 bits per heavy atom. The van der Waals surface area contributed by atoms with Gasteiger partial charge in [0.25, 0.3) is 11.8 Å². The molecule has 2 aromatic carbocycles. The Morgan fingerprint density at radius 2 is 1.86 bits per heavy atom. The minimum Gasteiger partial charge on any atom is -0.507 e. The van der Waals surface area contributed by atoms with Gasteiger partial charge in [-0.3, -0.25) is 9.59 Å². The summed E-state index contributed by atoms with van der Waals surface area (Å²) in [6, 6.07) is 12.3. The zero-order chi connectivity index (χ0) is 20.1. The maximum absolute atomic E-state index is 12.4. The van der Waals surface area contributed by atoms with Crippen LogP contribution in [-0.4, -0.2) is 47.6 Å². The van der Waals surface area contributed by atoms with Crippen LogP contribution in [0.15, 0.2) is 42.5 Å². The molecule has 0 saturated carbocycles. The fourth-order valence-electron chi connectivity index (χ4n) is 3.39. The quantitative estimate of drug-likeness (QED) is 0.834. The topological polar surface area (TPSA) is 78.9 Å². The highest BCUT2D eigenvalue weighted by molar-refractivity contribution is 5.96. The summed E-state index contributed by atoms with van der Waals surface area (Å²) in [5.41, 5.74) is 2.44. The number of carbonyl (C=O) groups is 2. The van der Waals surface area contributed by atoms with Crippen LogP contribution in [0.4, 0.5) is 0 Å². The number of likely N-dealkylation sites (tertiary alicyclic amines) is 1. The van der Waals surface area contributed by atoms with Crippen molar-refractivity contribution >= 4 is 11.8 Å². The van der Waals surface area contributed by atoms with Gasteiger partial charge in [-0.1, -0.05) is 29.8 Å². The molecule has 1 aliphatic rings. The largest absolute Gasteiger partial charge is 0.507 e. The van der Waals surface area contributed by atoms with E-state index in [1.807, 2.05) is 32.0 Å². The molecular formula is C22H26N2O4. The number of ether oxygens (including phenoxy) is 1. The molecule has 0 aromatic heterocycles. The van der Waals surface area contributed by atoms with Crippen LogP contribution in [0, 0.1) is 13.8 Å². The van der Waals surface area contributed by atoms with Gasteiger partial charge in [0.15, 0.2) is 6.61 Å². The fraction of sp³-hybridized carbons (Fsp3) is 0.364.